The molecule has 1 aromatic carbocycles. The van der Waals surface area contributed by atoms with Gasteiger partial charge in [0.2, 0.25) is 5.91 Å². The molecule has 0 aromatic heterocycles. The number of halogens is 1. The molecular weight excluding hydrogens is 354 g/mol. The fourth-order valence-corrected chi connectivity index (χ4v) is 4.75. The maximum atomic E-state index is 12.3. The van der Waals surface area contributed by atoms with Crippen molar-refractivity contribution in [1.82, 2.24) is 4.90 Å². The second kappa shape index (κ2) is 6.52. The van der Waals surface area contributed by atoms with Crippen molar-refractivity contribution in [3.63, 3.8) is 0 Å². The number of anilines is 1. The summed E-state index contributed by atoms with van der Waals surface area (Å²) in [7, 11) is -3.18. The average Bonchev–Trinajstić information content (AvgIpc) is 3.11. The van der Waals surface area contributed by atoms with Gasteiger partial charge < -0.3 is 0 Å². The number of carbonyl (C=O) groups excluding carboxylic acids is 2. The summed E-state index contributed by atoms with van der Waals surface area (Å²) in [5, 5.41) is 5.48. The first-order valence-corrected chi connectivity index (χ1v) is 9.81. The highest BCUT2D eigenvalue weighted by Crippen LogP contribution is 2.25. The highest BCUT2D eigenvalue weighted by Gasteiger charge is 2.40. The molecule has 2 heterocycles. The topological polar surface area (TPSA) is 87.1 Å². The minimum atomic E-state index is -3.18. The number of benzene rings is 1. The molecule has 1 aromatic rings. The average molecular weight is 370 g/mol. The van der Waals surface area contributed by atoms with E-state index in [4.69, 9.17) is 11.6 Å². The molecule has 0 radical (unpaired) electrons. The number of nitrogens with zero attached hydrogens (tertiary/aromatic N) is 3. The number of alkyl halides is 1. The van der Waals surface area contributed by atoms with Gasteiger partial charge in [-0.3, -0.25) is 14.5 Å². The number of rotatable bonds is 3. The quantitative estimate of drug-likeness (QED) is 0.743. The van der Waals surface area contributed by atoms with Crippen LogP contribution in [-0.2, 0) is 19.4 Å². The number of carbonyl (C=O) groups is 2. The van der Waals surface area contributed by atoms with Crippen LogP contribution in [0.2, 0.25) is 0 Å². The van der Waals surface area contributed by atoms with Gasteiger partial charge >= 0.3 is 0 Å². The van der Waals surface area contributed by atoms with Gasteiger partial charge in [0.15, 0.2) is 9.84 Å². The van der Waals surface area contributed by atoms with Crippen LogP contribution in [0, 0.1) is 0 Å². The zero-order valence-electron chi connectivity index (χ0n) is 12.8. The number of amides is 2. The first-order chi connectivity index (χ1) is 11.4. The molecule has 1 saturated heterocycles. The van der Waals surface area contributed by atoms with Crippen molar-refractivity contribution in [3.8, 4) is 0 Å². The number of hydrazone groups is 1. The molecule has 3 rings (SSSR count). The van der Waals surface area contributed by atoms with Crippen molar-refractivity contribution in [2.45, 2.75) is 18.9 Å². The van der Waals surface area contributed by atoms with Crippen LogP contribution in [0.4, 0.5) is 5.69 Å². The van der Waals surface area contributed by atoms with Crippen LogP contribution < -0.4 is 5.01 Å². The summed E-state index contributed by atoms with van der Waals surface area (Å²) in [6.45, 7) is 0. The highest BCUT2D eigenvalue weighted by molar-refractivity contribution is 7.91. The van der Waals surface area contributed by atoms with Gasteiger partial charge in [-0.1, -0.05) is 18.2 Å². The first kappa shape index (κ1) is 16.9. The lowest BCUT2D eigenvalue weighted by molar-refractivity contribution is -0.126. The van der Waals surface area contributed by atoms with Crippen LogP contribution in [0.5, 0.6) is 0 Å². The second-order valence-electron chi connectivity index (χ2n) is 5.69. The largest absolute Gasteiger partial charge is 0.293 e. The Balaban J connectivity index is 1.91. The Morgan fingerprint density at radius 1 is 1.33 bits per heavy atom. The molecule has 2 aliphatic heterocycles. The number of para-hydroxylation sites is 1. The predicted molar refractivity (Wildman–Crippen MR) is 90.6 cm³/mol. The summed E-state index contributed by atoms with van der Waals surface area (Å²) in [6.07, 6.45) is 0.261. The standard InChI is InChI=1S/C15H16ClN3O4S/c16-9-15(21)18(12-6-7-24(22,23)10-12)13-8-14(20)19(17-13)11-4-2-1-3-5-11/h1-5,12H,6-10H2/t12-/m0/s1. The molecule has 0 spiro atoms. The Bertz CT molecular complexity index is 794. The molecule has 2 aliphatic rings. The minimum absolute atomic E-state index is 0.0212. The van der Waals surface area contributed by atoms with Crippen LogP contribution in [0.15, 0.2) is 35.4 Å². The van der Waals surface area contributed by atoms with Crippen molar-refractivity contribution in [2.75, 3.05) is 22.4 Å². The van der Waals surface area contributed by atoms with E-state index in [9.17, 15) is 18.0 Å². The third-order valence-electron chi connectivity index (χ3n) is 4.00. The van der Waals surface area contributed by atoms with Gasteiger partial charge in [-0.2, -0.15) is 10.1 Å². The van der Waals surface area contributed by atoms with Crippen molar-refractivity contribution < 1.29 is 18.0 Å². The summed E-state index contributed by atoms with van der Waals surface area (Å²) in [4.78, 5) is 25.8. The maximum Gasteiger partial charge on any atom is 0.255 e. The number of sulfone groups is 1. The molecule has 0 aliphatic carbocycles. The van der Waals surface area contributed by atoms with E-state index in [0.29, 0.717) is 12.1 Å². The highest BCUT2D eigenvalue weighted by atomic mass is 35.5. The van der Waals surface area contributed by atoms with Gasteiger partial charge in [-0.25, -0.2) is 8.42 Å². The van der Waals surface area contributed by atoms with Gasteiger partial charge in [0.25, 0.3) is 5.91 Å². The summed E-state index contributed by atoms with van der Waals surface area (Å²) in [5.74, 6) is -0.877. The fraction of sp³-hybridized carbons (Fsp3) is 0.400. The Kier molecular flexibility index (Phi) is 4.60. The van der Waals surface area contributed by atoms with Gasteiger partial charge in [-0.15, -0.1) is 11.6 Å². The number of hydrogen-bond donors (Lipinski definition) is 0. The molecule has 1 fully saturated rings. The monoisotopic (exact) mass is 369 g/mol. The molecule has 24 heavy (non-hydrogen) atoms. The van der Waals surface area contributed by atoms with Crippen LogP contribution in [0.1, 0.15) is 12.8 Å². The van der Waals surface area contributed by atoms with Crippen molar-refractivity contribution in [2.24, 2.45) is 5.10 Å². The Morgan fingerprint density at radius 2 is 2.04 bits per heavy atom. The van der Waals surface area contributed by atoms with Gasteiger partial charge in [0.1, 0.15) is 11.7 Å². The molecular formula is C15H16ClN3O4S. The minimum Gasteiger partial charge on any atom is -0.293 e. The van der Waals surface area contributed by atoms with E-state index in [1.807, 2.05) is 6.07 Å². The van der Waals surface area contributed by atoms with Crippen LogP contribution >= 0.6 is 11.6 Å². The molecule has 0 saturated carbocycles. The van der Waals surface area contributed by atoms with Crippen LogP contribution in [0.3, 0.4) is 0 Å². The second-order valence-corrected chi connectivity index (χ2v) is 8.18. The van der Waals surface area contributed by atoms with Crippen molar-refractivity contribution in [3.05, 3.63) is 30.3 Å². The number of hydrogen-bond acceptors (Lipinski definition) is 5. The third kappa shape index (κ3) is 3.29. The molecule has 1 atom stereocenters. The molecule has 0 unspecified atom stereocenters. The van der Waals surface area contributed by atoms with Crippen molar-refractivity contribution >= 4 is 44.8 Å². The first-order valence-electron chi connectivity index (χ1n) is 7.45. The van der Waals surface area contributed by atoms with Crippen molar-refractivity contribution in [1.29, 1.82) is 0 Å². The van der Waals surface area contributed by atoms with Crippen LogP contribution in [-0.4, -0.2) is 54.4 Å². The molecule has 128 valence electrons. The van der Waals surface area contributed by atoms with E-state index < -0.39 is 21.8 Å². The van der Waals surface area contributed by atoms with E-state index in [2.05, 4.69) is 5.10 Å². The zero-order valence-corrected chi connectivity index (χ0v) is 14.3. The smallest absolute Gasteiger partial charge is 0.255 e. The zero-order chi connectivity index (χ0) is 17.3. The molecule has 7 nitrogen and oxygen atoms in total. The Labute approximate surface area is 144 Å². The third-order valence-corrected chi connectivity index (χ3v) is 5.98. The lowest BCUT2D eigenvalue weighted by atomic mass is 10.2. The SMILES string of the molecule is O=C1CC(N(C(=O)CCl)[C@H]2CCS(=O)(=O)C2)=NN1c1ccccc1. The lowest BCUT2D eigenvalue weighted by Crippen LogP contribution is -2.45. The Hall–Kier alpha value is -1.93. The molecule has 0 N–H and O–H groups in total. The van der Waals surface area contributed by atoms with E-state index in [1.54, 1.807) is 24.3 Å². The molecule has 0 bridgehead atoms. The summed E-state index contributed by atoms with van der Waals surface area (Å²) < 4.78 is 23.5. The molecule has 2 amide bonds. The summed E-state index contributed by atoms with van der Waals surface area (Å²) in [6, 6.07) is 8.32. The van der Waals surface area contributed by atoms with Crippen LogP contribution in [0.25, 0.3) is 0 Å². The summed E-state index contributed by atoms with van der Waals surface area (Å²) in [5.41, 5.74) is 0.592. The van der Waals surface area contributed by atoms with E-state index in [1.165, 1.54) is 9.91 Å². The lowest BCUT2D eigenvalue weighted by Gasteiger charge is -2.26. The van der Waals surface area contributed by atoms with Gasteiger partial charge in [0.05, 0.1) is 29.7 Å². The van der Waals surface area contributed by atoms with E-state index >= 15 is 0 Å². The fourth-order valence-electron chi connectivity index (χ4n) is 2.92. The van der Waals surface area contributed by atoms with Gasteiger partial charge in [-0.05, 0) is 18.6 Å². The van der Waals surface area contributed by atoms with E-state index in [-0.39, 0.29) is 35.5 Å². The Morgan fingerprint density at radius 3 is 2.62 bits per heavy atom. The number of amidine groups is 1. The molecule has 9 heteroatoms. The van der Waals surface area contributed by atoms with E-state index in [0.717, 1.165) is 0 Å². The normalized spacial score (nSPS) is 22.5. The maximum absolute atomic E-state index is 12.3. The summed E-state index contributed by atoms with van der Waals surface area (Å²) >= 11 is 5.67. The van der Waals surface area contributed by atoms with Gasteiger partial charge in [0, 0.05) is 0 Å². The predicted octanol–water partition coefficient (Wildman–Crippen LogP) is 0.991.